The average Bonchev–Trinajstić information content (AvgIpc) is 2.96. The summed E-state index contributed by atoms with van der Waals surface area (Å²) in [4.78, 5) is 0. The van der Waals surface area contributed by atoms with E-state index in [4.69, 9.17) is 0 Å². The van der Waals surface area contributed by atoms with Gasteiger partial charge in [0.25, 0.3) is 0 Å². The molecule has 3 rings (SSSR count). The van der Waals surface area contributed by atoms with Crippen LogP contribution in [0.2, 0.25) is 0 Å². The maximum absolute atomic E-state index is 2.38. The van der Waals surface area contributed by atoms with Gasteiger partial charge in [0.2, 0.25) is 0 Å². The van der Waals surface area contributed by atoms with Gasteiger partial charge in [-0.05, 0) is 49.2 Å². The molecule has 0 nitrogen and oxygen atoms in total. The summed E-state index contributed by atoms with van der Waals surface area (Å²) < 4.78 is 0. The van der Waals surface area contributed by atoms with Gasteiger partial charge in [0.15, 0.2) is 0 Å². The summed E-state index contributed by atoms with van der Waals surface area (Å²) in [7, 11) is -1.64. The second-order valence-corrected chi connectivity index (χ2v) is 14.5. The van der Waals surface area contributed by atoms with Crippen molar-refractivity contribution in [3.63, 3.8) is 0 Å². The summed E-state index contributed by atoms with van der Waals surface area (Å²) in [6.45, 7) is 2.30. The molecule has 0 aliphatic rings. The molecule has 0 spiro atoms. The van der Waals surface area contributed by atoms with Crippen LogP contribution in [0.3, 0.4) is 0 Å². The molecule has 1 unspecified atom stereocenters. The number of hydrogen-bond donors (Lipinski definition) is 0. The van der Waals surface area contributed by atoms with E-state index in [2.05, 4.69) is 97.9 Å². The van der Waals surface area contributed by atoms with Gasteiger partial charge < -0.3 is 17.0 Å². The average molecular weight is 711 g/mol. The van der Waals surface area contributed by atoms with E-state index in [0.717, 1.165) is 0 Å². The van der Waals surface area contributed by atoms with E-state index in [0.29, 0.717) is 0 Å². The van der Waals surface area contributed by atoms with Crippen molar-refractivity contribution in [2.75, 3.05) is 6.16 Å². The first kappa shape index (κ1) is 39.5. The van der Waals surface area contributed by atoms with Crippen molar-refractivity contribution in [3.8, 4) is 0 Å². The second-order valence-electron chi connectivity index (χ2n) is 10.8. The van der Waals surface area contributed by atoms with Gasteiger partial charge in [-0.2, -0.15) is 9.90 Å². The summed E-state index contributed by atoms with van der Waals surface area (Å²) in [5.74, 6) is 0. The molecule has 3 aromatic rings. The molecular weight excluding hydrogens is 654 g/mol. The van der Waals surface area contributed by atoms with Gasteiger partial charge in [-0.25, -0.2) is 0 Å². The molecule has 40 heavy (non-hydrogen) atoms. The van der Waals surface area contributed by atoms with E-state index in [9.17, 15) is 0 Å². The molecule has 1 atom stereocenters. The van der Waals surface area contributed by atoms with Crippen LogP contribution in [0.1, 0.15) is 110 Å². The van der Waals surface area contributed by atoms with Crippen LogP contribution in [-0.4, -0.2) is 6.16 Å². The minimum Gasteiger partial charge on any atom is -1.00 e. The number of benzene rings is 3. The Labute approximate surface area is 272 Å². The monoisotopic (exact) mass is 708 g/mol. The second kappa shape index (κ2) is 25.0. The largest absolute Gasteiger partial charge is 1.00 e. The van der Waals surface area contributed by atoms with Crippen LogP contribution in [0, 0.1) is 0 Å². The highest BCUT2D eigenvalue weighted by atomic mass is 79.9. The molecule has 0 amide bonds. The number of unbranched alkanes of at least 4 members (excludes halogenated alkanes) is 15. The van der Waals surface area contributed by atoms with Crippen LogP contribution in [0.5, 0.6) is 0 Å². The molecule has 0 saturated carbocycles. The molecule has 0 N–H and O–H groups in total. The van der Waals surface area contributed by atoms with Crippen molar-refractivity contribution in [1.82, 2.24) is 0 Å². The molecule has 0 aliphatic carbocycles. The Balaban J connectivity index is 0.00000507. The van der Waals surface area contributed by atoms with E-state index in [1.165, 1.54) is 125 Å². The summed E-state index contributed by atoms with van der Waals surface area (Å²) in [5.41, 5.74) is 0. The van der Waals surface area contributed by atoms with Gasteiger partial charge in [-0.1, -0.05) is 151 Å². The van der Waals surface area contributed by atoms with E-state index in [1.54, 1.807) is 0 Å². The lowest BCUT2D eigenvalue weighted by atomic mass is 10.0. The van der Waals surface area contributed by atoms with Crippen LogP contribution >= 0.6 is 34.1 Å². The van der Waals surface area contributed by atoms with Crippen LogP contribution < -0.4 is 32.9 Å². The predicted octanol–water partition coefficient (Wildman–Crippen LogP) is 7.88. The Morgan fingerprint density at radius 1 is 0.400 bits per heavy atom. The standard InChI is InChI=1S/C36H52P.2BrH.H3P/c1-2-3-4-5-6-7-8-9-10-11-12-13-14-15-16-26-33-37(34-27-20-17-21-28-34,35-29-22-18-23-30-35)36-31-24-19-25-32-36;;;/h17-25,27-32H,2-16,26,33H2,1H3;2*1H;1H3/q+1;;;/p-1. The van der Waals surface area contributed by atoms with E-state index in [1.807, 2.05) is 0 Å². The van der Waals surface area contributed by atoms with E-state index < -0.39 is 7.26 Å². The highest BCUT2D eigenvalue weighted by Gasteiger charge is 2.44. The Kier molecular flexibility index (Phi) is 24.7. The summed E-state index contributed by atoms with van der Waals surface area (Å²) in [5, 5.41) is 4.56. The van der Waals surface area contributed by atoms with Crippen LogP contribution in [0.4, 0.5) is 0 Å². The number of hydrogen-bond acceptors (Lipinski definition) is 0. The maximum Gasteiger partial charge on any atom is 0.112 e. The molecule has 0 radical (unpaired) electrons. The zero-order valence-corrected chi connectivity index (χ0v) is 30.7. The normalized spacial score (nSPS) is 10.7. The first-order chi connectivity index (χ1) is 18.4. The third-order valence-electron chi connectivity index (χ3n) is 7.94. The Bertz CT molecular complexity index is 838. The molecule has 224 valence electrons. The van der Waals surface area contributed by atoms with Crippen molar-refractivity contribution in [2.45, 2.75) is 110 Å². The Hall–Kier alpha value is -0.520. The zero-order chi connectivity index (χ0) is 25.9. The Morgan fingerprint density at radius 2 is 0.650 bits per heavy atom. The molecule has 0 aliphatic heterocycles. The third kappa shape index (κ3) is 13.6. The predicted molar refractivity (Wildman–Crippen MR) is 191 cm³/mol. The van der Waals surface area contributed by atoms with Crippen molar-refractivity contribution >= 4 is 50.1 Å². The van der Waals surface area contributed by atoms with Crippen LogP contribution in [0.25, 0.3) is 0 Å². The summed E-state index contributed by atoms with van der Waals surface area (Å²) in [6, 6.07) is 34.1. The highest BCUT2D eigenvalue weighted by Crippen LogP contribution is 2.56. The van der Waals surface area contributed by atoms with Crippen molar-refractivity contribution in [2.24, 2.45) is 0 Å². The lowest BCUT2D eigenvalue weighted by Gasteiger charge is -2.27. The third-order valence-corrected chi connectivity index (χ3v) is 12.5. The highest BCUT2D eigenvalue weighted by molar-refractivity contribution is 8.93. The minimum absolute atomic E-state index is 0. The molecular formula is C36H56Br2P2. The maximum atomic E-state index is 2.38. The van der Waals surface area contributed by atoms with Crippen molar-refractivity contribution in [1.29, 1.82) is 0 Å². The number of halogens is 2. The lowest BCUT2D eigenvalue weighted by Crippen LogP contribution is -3.00. The summed E-state index contributed by atoms with van der Waals surface area (Å²) >= 11 is 0. The smallest absolute Gasteiger partial charge is 0.112 e. The van der Waals surface area contributed by atoms with Gasteiger partial charge in [0.1, 0.15) is 23.2 Å². The fourth-order valence-electron chi connectivity index (χ4n) is 5.78. The van der Waals surface area contributed by atoms with E-state index in [-0.39, 0.29) is 43.9 Å². The van der Waals surface area contributed by atoms with Gasteiger partial charge in [-0.15, -0.1) is 17.0 Å². The van der Waals surface area contributed by atoms with Crippen molar-refractivity contribution < 1.29 is 17.0 Å². The van der Waals surface area contributed by atoms with Gasteiger partial charge in [0.05, 0.1) is 6.16 Å². The Morgan fingerprint density at radius 3 is 0.925 bits per heavy atom. The van der Waals surface area contributed by atoms with Crippen LogP contribution in [0.15, 0.2) is 91.0 Å². The van der Waals surface area contributed by atoms with Crippen LogP contribution in [-0.2, 0) is 0 Å². The molecule has 4 heteroatoms. The van der Waals surface area contributed by atoms with Gasteiger partial charge in [-0.3, -0.25) is 0 Å². The SMILES string of the molecule is Br.CCCCCCCCCCCCCCCCCC[P+](c1ccccc1)(c1ccccc1)c1ccccc1.P.[Br-]. The first-order valence-electron chi connectivity index (χ1n) is 15.4. The summed E-state index contributed by atoms with van der Waals surface area (Å²) in [6.07, 6.45) is 24.0. The van der Waals surface area contributed by atoms with E-state index >= 15 is 0 Å². The van der Waals surface area contributed by atoms with Crippen molar-refractivity contribution in [3.05, 3.63) is 91.0 Å². The zero-order valence-electron chi connectivity index (χ0n) is 25.1. The fraction of sp³-hybridized carbons (Fsp3) is 0.500. The molecule has 0 heterocycles. The minimum atomic E-state index is -1.64. The molecule has 0 aromatic heterocycles. The van der Waals surface area contributed by atoms with Gasteiger partial charge >= 0.3 is 0 Å². The molecule has 0 fully saturated rings. The topological polar surface area (TPSA) is 0 Å². The fourth-order valence-corrected chi connectivity index (χ4v) is 10.2. The molecule has 3 aromatic carbocycles. The first-order valence-corrected chi connectivity index (χ1v) is 17.4. The van der Waals surface area contributed by atoms with Gasteiger partial charge in [0, 0.05) is 0 Å². The molecule has 0 bridgehead atoms. The number of rotatable bonds is 20. The lowest BCUT2D eigenvalue weighted by molar-refractivity contribution is -0.00000787. The quantitative estimate of drug-likeness (QED) is 0.0828. The molecule has 0 saturated heterocycles.